The molecule has 120 valence electrons. The van der Waals surface area contributed by atoms with Gasteiger partial charge in [-0.15, -0.1) is 0 Å². The highest BCUT2D eigenvalue weighted by Gasteiger charge is 2.16. The fourth-order valence-electron chi connectivity index (χ4n) is 1.92. The number of rotatable bonds is 4. The van der Waals surface area contributed by atoms with Crippen molar-refractivity contribution in [3.63, 3.8) is 0 Å². The van der Waals surface area contributed by atoms with Crippen LogP contribution in [0.25, 0.3) is 5.82 Å². The lowest BCUT2D eigenvalue weighted by atomic mass is 10.2. The third-order valence-corrected chi connectivity index (χ3v) is 3.39. The molecule has 0 radical (unpaired) electrons. The van der Waals surface area contributed by atoms with Gasteiger partial charge in [0.15, 0.2) is 5.82 Å². The summed E-state index contributed by atoms with van der Waals surface area (Å²) in [5, 5.41) is 17.4. The van der Waals surface area contributed by atoms with Gasteiger partial charge in [-0.25, -0.2) is 14.6 Å². The van der Waals surface area contributed by atoms with Crippen molar-refractivity contribution in [2.24, 2.45) is 0 Å². The Bertz CT molecular complexity index is 895. The number of carbonyl (C=O) groups is 1. The molecule has 0 fully saturated rings. The Balaban J connectivity index is 1.80. The number of nitro groups is 1. The number of halogens is 1. The molecule has 0 aliphatic rings. The molecule has 2 heterocycles. The molecule has 0 spiro atoms. The third-order valence-electron chi connectivity index (χ3n) is 3.06. The number of non-ortho nitro benzene ring substituents is 1. The molecule has 0 aliphatic carbocycles. The molecular formula is C14H9ClN6O3. The van der Waals surface area contributed by atoms with Crippen molar-refractivity contribution in [1.29, 1.82) is 0 Å². The van der Waals surface area contributed by atoms with Crippen LogP contribution in [0.5, 0.6) is 0 Å². The number of amides is 1. The van der Waals surface area contributed by atoms with E-state index in [-0.39, 0.29) is 16.3 Å². The Labute approximate surface area is 140 Å². The van der Waals surface area contributed by atoms with Crippen LogP contribution >= 0.6 is 11.6 Å². The molecule has 10 heteroatoms. The van der Waals surface area contributed by atoms with Gasteiger partial charge in [-0.3, -0.25) is 14.9 Å². The van der Waals surface area contributed by atoms with Crippen molar-refractivity contribution in [3.8, 4) is 5.82 Å². The zero-order valence-electron chi connectivity index (χ0n) is 12.0. The highest BCUT2D eigenvalue weighted by atomic mass is 35.5. The van der Waals surface area contributed by atoms with E-state index in [9.17, 15) is 14.9 Å². The van der Waals surface area contributed by atoms with Gasteiger partial charge in [0.05, 0.1) is 27.4 Å². The SMILES string of the molecule is O=C(Nc1ccc(-n2cncn2)nc1)c1cc([N+](=O)[O-])ccc1Cl. The summed E-state index contributed by atoms with van der Waals surface area (Å²) in [7, 11) is 0. The highest BCUT2D eigenvalue weighted by Crippen LogP contribution is 2.23. The number of nitrogens with one attached hydrogen (secondary N) is 1. The summed E-state index contributed by atoms with van der Waals surface area (Å²) in [5.74, 6) is -0.0436. The number of benzene rings is 1. The Morgan fingerprint density at radius 2 is 2.12 bits per heavy atom. The van der Waals surface area contributed by atoms with Crippen molar-refractivity contribution >= 4 is 28.9 Å². The zero-order chi connectivity index (χ0) is 17.1. The fourth-order valence-corrected chi connectivity index (χ4v) is 2.12. The van der Waals surface area contributed by atoms with E-state index in [1.165, 1.54) is 35.7 Å². The second kappa shape index (κ2) is 6.42. The Morgan fingerprint density at radius 1 is 1.29 bits per heavy atom. The molecule has 1 aromatic carbocycles. The summed E-state index contributed by atoms with van der Waals surface area (Å²) in [5.41, 5.74) is 0.196. The summed E-state index contributed by atoms with van der Waals surface area (Å²) in [6.07, 6.45) is 4.30. The number of hydrogen-bond donors (Lipinski definition) is 1. The monoisotopic (exact) mass is 344 g/mol. The van der Waals surface area contributed by atoms with E-state index in [1.807, 2.05) is 0 Å². The predicted molar refractivity (Wildman–Crippen MR) is 85.2 cm³/mol. The molecule has 0 saturated carbocycles. The van der Waals surface area contributed by atoms with Crippen LogP contribution in [0.15, 0.2) is 49.2 Å². The van der Waals surface area contributed by atoms with Crippen LogP contribution in [-0.4, -0.2) is 30.6 Å². The molecule has 1 N–H and O–H groups in total. The third kappa shape index (κ3) is 3.20. The number of carbonyl (C=O) groups excluding carboxylic acids is 1. The molecule has 0 aliphatic heterocycles. The maximum Gasteiger partial charge on any atom is 0.270 e. The molecular weight excluding hydrogens is 336 g/mol. The first-order chi connectivity index (χ1) is 11.5. The van der Waals surface area contributed by atoms with Crippen LogP contribution in [0.3, 0.4) is 0 Å². The summed E-state index contributed by atoms with van der Waals surface area (Å²) >= 11 is 5.94. The van der Waals surface area contributed by atoms with Gasteiger partial charge in [0, 0.05) is 12.1 Å². The van der Waals surface area contributed by atoms with Crippen LogP contribution in [0.4, 0.5) is 11.4 Å². The second-order valence-electron chi connectivity index (χ2n) is 4.62. The van der Waals surface area contributed by atoms with E-state index in [0.29, 0.717) is 11.5 Å². The topological polar surface area (TPSA) is 116 Å². The number of nitrogens with zero attached hydrogens (tertiary/aromatic N) is 5. The van der Waals surface area contributed by atoms with Crippen molar-refractivity contribution < 1.29 is 9.72 Å². The summed E-state index contributed by atoms with van der Waals surface area (Å²) in [6.45, 7) is 0. The molecule has 0 atom stereocenters. The maximum absolute atomic E-state index is 12.2. The minimum atomic E-state index is -0.596. The van der Waals surface area contributed by atoms with Crippen molar-refractivity contribution in [3.05, 3.63) is 69.9 Å². The van der Waals surface area contributed by atoms with Crippen LogP contribution in [0.1, 0.15) is 10.4 Å². The van der Waals surface area contributed by atoms with Crippen molar-refractivity contribution in [1.82, 2.24) is 19.7 Å². The minimum absolute atomic E-state index is 0.00576. The van der Waals surface area contributed by atoms with Crippen molar-refractivity contribution in [2.45, 2.75) is 0 Å². The van der Waals surface area contributed by atoms with Gasteiger partial charge in [0.1, 0.15) is 12.7 Å². The van der Waals surface area contributed by atoms with E-state index < -0.39 is 10.8 Å². The smallest absolute Gasteiger partial charge is 0.270 e. The number of hydrogen-bond acceptors (Lipinski definition) is 6. The first-order valence-corrected chi connectivity index (χ1v) is 6.99. The first kappa shape index (κ1) is 15.6. The normalized spacial score (nSPS) is 10.4. The molecule has 3 aromatic rings. The zero-order valence-corrected chi connectivity index (χ0v) is 12.7. The van der Waals surface area contributed by atoms with E-state index in [0.717, 1.165) is 6.07 Å². The summed E-state index contributed by atoms with van der Waals surface area (Å²) in [4.78, 5) is 30.4. The van der Waals surface area contributed by atoms with Gasteiger partial charge < -0.3 is 5.32 Å². The second-order valence-corrected chi connectivity index (χ2v) is 5.03. The van der Waals surface area contributed by atoms with Crippen molar-refractivity contribution in [2.75, 3.05) is 5.32 Å². The van der Waals surface area contributed by atoms with E-state index >= 15 is 0 Å². The first-order valence-electron chi connectivity index (χ1n) is 6.61. The van der Waals surface area contributed by atoms with E-state index in [2.05, 4.69) is 20.4 Å². The van der Waals surface area contributed by atoms with Gasteiger partial charge in [0.25, 0.3) is 11.6 Å². The molecule has 3 rings (SSSR count). The average molecular weight is 345 g/mol. The van der Waals surface area contributed by atoms with Crippen LogP contribution in [0, 0.1) is 10.1 Å². The lowest BCUT2D eigenvalue weighted by molar-refractivity contribution is -0.384. The van der Waals surface area contributed by atoms with Gasteiger partial charge in [-0.2, -0.15) is 5.10 Å². The number of aromatic nitrogens is 4. The molecule has 1 amide bonds. The lowest BCUT2D eigenvalue weighted by Crippen LogP contribution is -2.13. The highest BCUT2D eigenvalue weighted by molar-refractivity contribution is 6.34. The Kier molecular flexibility index (Phi) is 4.17. The van der Waals surface area contributed by atoms with Gasteiger partial charge >= 0.3 is 0 Å². The molecule has 0 bridgehead atoms. The quantitative estimate of drug-likeness (QED) is 0.574. The Hall–Kier alpha value is -3.33. The largest absolute Gasteiger partial charge is 0.321 e. The lowest BCUT2D eigenvalue weighted by Gasteiger charge is -2.07. The Morgan fingerprint density at radius 3 is 2.75 bits per heavy atom. The molecule has 0 unspecified atom stereocenters. The fraction of sp³-hybridized carbons (Fsp3) is 0. The van der Waals surface area contributed by atoms with E-state index in [1.54, 1.807) is 12.1 Å². The number of anilines is 1. The van der Waals surface area contributed by atoms with Crippen LogP contribution < -0.4 is 5.32 Å². The van der Waals surface area contributed by atoms with Gasteiger partial charge in [-0.05, 0) is 18.2 Å². The predicted octanol–water partition coefficient (Wildman–Crippen LogP) is 2.48. The van der Waals surface area contributed by atoms with Gasteiger partial charge in [-0.1, -0.05) is 11.6 Å². The van der Waals surface area contributed by atoms with Crippen LogP contribution in [-0.2, 0) is 0 Å². The molecule has 0 saturated heterocycles. The van der Waals surface area contributed by atoms with Gasteiger partial charge in [0.2, 0.25) is 0 Å². The average Bonchev–Trinajstić information content (AvgIpc) is 3.10. The molecule has 24 heavy (non-hydrogen) atoms. The summed E-state index contributed by atoms with van der Waals surface area (Å²) < 4.78 is 1.46. The number of pyridine rings is 1. The molecule has 9 nitrogen and oxygen atoms in total. The minimum Gasteiger partial charge on any atom is -0.321 e. The molecule has 2 aromatic heterocycles. The van der Waals surface area contributed by atoms with Crippen LogP contribution in [0.2, 0.25) is 5.02 Å². The summed E-state index contributed by atoms with van der Waals surface area (Å²) in [6, 6.07) is 6.91. The van der Waals surface area contributed by atoms with E-state index in [4.69, 9.17) is 11.6 Å². The maximum atomic E-state index is 12.2. The standard InChI is InChI=1S/C14H9ClN6O3/c15-12-3-2-10(21(23)24)5-11(12)14(22)19-9-1-4-13(17-6-9)20-8-16-7-18-20/h1-8H,(H,19,22). The number of nitro benzene ring substituents is 1.